The first-order chi connectivity index (χ1) is 9.37. The number of likely N-dealkylation sites (N-methyl/N-ethyl adjacent to an activating group) is 1. The van der Waals surface area contributed by atoms with Gasteiger partial charge in [-0.1, -0.05) is 13.0 Å². The summed E-state index contributed by atoms with van der Waals surface area (Å²) in [5, 5.41) is 9.34. The summed E-state index contributed by atoms with van der Waals surface area (Å²) < 4.78 is 14.8. The highest BCUT2D eigenvalue weighted by atomic mass is 19.1. The number of hydrogen-bond donors (Lipinski definition) is 1. The Labute approximate surface area is 118 Å². The third kappa shape index (κ3) is 2.22. The standard InChI is InChI=1S/C14H21FN2O3/c1-3-11(19)16(2)7-12(20)17-8-13(5-4-6-13)14(15,9-17)10-18/h3,18H,1,4-10H2,2H3. The van der Waals surface area contributed by atoms with Gasteiger partial charge in [-0.25, -0.2) is 4.39 Å². The van der Waals surface area contributed by atoms with Crippen molar-refractivity contribution in [2.75, 3.05) is 33.3 Å². The minimum Gasteiger partial charge on any atom is -0.393 e. The van der Waals surface area contributed by atoms with Crippen molar-refractivity contribution in [3.05, 3.63) is 12.7 Å². The average molecular weight is 284 g/mol. The second-order valence-corrected chi connectivity index (χ2v) is 5.91. The molecule has 1 saturated heterocycles. The second-order valence-electron chi connectivity index (χ2n) is 5.91. The summed E-state index contributed by atoms with van der Waals surface area (Å²) in [6.07, 6.45) is 3.48. The number of carbonyl (C=O) groups is 2. The van der Waals surface area contributed by atoms with Crippen LogP contribution in [0.15, 0.2) is 12.7 Å². The van der Waals surface area contributed by atoms with Crippen LogP contribution in [0.2, 0.25) is 0 Å². The Morgan fingerprint density at radius 2 is 2.10 bits per heavy atom. The topological polar surface area (TPSA) is 60.9 Å². The molecular weight excluding hydrogens is 263 g/mol. The molecule has 1 N–H and O–H groups in total. The van der Waals surface area contributed by atoms with Gasteiger partial charge in [-0.2, -0.15) is 0 Å². The van der Waals surface area contributed by atoms with Crippen molar-refractivity contribution in [1.82, 2.24) is 9.80 Å². The summed E-state index contributed by atoms with van der Waals surface area (Å²) in [6.45, 7) is 2.95. The van der Waals surface area contributed by atoms with E-state index in [4.69, 9.17) is 0 Å². The quantitative estimate of drug-likeness (QED) is 0.758. The molecule has 0 aromatic heterocycles. The number of alkyl halides is 1. The van der Waals surface area contributed by atoms with Gasteiger partial charge in [0.1, 0.15) is 0 Å². The van der Waals surface area contributed by atoms with Gasteiger partial charge in [0.2, 0.25) is 11.8 Å². The van der Waals surface area contributed by atoms with E-state index in [9.17, 15) is 19.1 Å². The van der Waals surface area contributed by atoms with Crippen molar-refractivity contribution >= 4 is 11.8 Å². The summed E-state index contributed by atoms with van der Waals surface area (Å²) in [7, 11) is 1.51. The Balaban J connectivity index is 2.02. The zero-order valence-electron chi connectivity index (χ0n) is 11.8. The van der Waals surface area contributed by atoms with Crippen LogP contribution in [0.5, 0.6) is 0 Å². The van der Waals surface area contributed by atoms with E-state index in [2.05, 4.69) is 6.58 Å². The van der Waals surface area contributed by atoms with Gasteiger partial charge >= 0.3 is 0 Å². The van der Waals surface area contributed by atoms with E-state index in [-0.39, 0.29) is 24.9 Å². The molecule has 2 aliphatic rings. The number of halogens is 1. The van der Waals surface area contributed by atoms with Gasteiger partial charge in [0.15, 0.2) is 5.67 Å². The minimum atomic E-state index is -1.71. The maximum absolute atomic E-state index is 14.8. The predicted octanol–water partition coefficient (Wildman–Crippen LogP) is 0.344. The van der Waals surface area contributed by atoms with Gasteiger partial charge in [-0.3, -0.25) is 9.59 Å². The highest BCUT2D eigenvalue weighted by Gasteiger charge is 2.61. The molecule has 2 amide bonds. The molecule has 1 spiro atoms. The minimum absolute atomic E-state index is 0.0849. The molecular formula is C14H21FN2O3. The molecule has 0 aromatic rings. The Morgan fingerprint density at radius 3 is 2.50 bits per heavy atom. The van der Waals surface area contributed by atoms with Gasteiger partial charge < -0.3 is 14.9 Å². The van der Waals surface area contributed by atoms with Crippen LogP contribution in [0.25, 0.3) is 0 Å². The molecule has 1 saturated carbocycles. The summed E-state index contributed by atoms with van der Waals surface area (Å²) in [5.74, 6) is -0.633. The Morgan fingerprint density at radius 1 is 1.45 bits per heavy atom. The lowest BCUT2D eigenvalue weighted by Crippen LogP contribution is -2.50. The van der Waals surface area contributed by atoms with Crippen molar-refractivity contribution in [3.8, 4) is 0 Å². The maximum Gasteiger partial charge on any atom is 0.246 e. The van der Waals surface area contributed by atoms with Gasteiger partial charge in [0, 0.05) is 19.0 Å². The van der Waals surface area contributed by atoms with Crippen molar-refractivity contribution in [2.45, 2.75) is 24.9 Å². The van der Waals surface area contributed by atoms with E-state index in [0.717, 1.165) is 12.5 Å². The van der Waals surface area contributed by atoms with Crippen molar-refractivity contribution in [3.63, 3.8) is 0 Å². The van der Waals surface area contributed by atoms with Crippen LogP contribution in [0.1, 0.15) is 19.3 Å². The summed E-state index contributed by atoms with van der Waals surface area (Å²) in [4.78, 5) is 26.2. The number of rotatable bonds is 4. The lowest BCUT2D eigenvalue weighted by Gasteiger charge is -2.45. The highest BCUT2D eigenvalue weighted by molar-refractivity contribution is 5.90. The van der Waals surface area contributed by atoms with Crippen LogP contribution in [0, 0.1) is 5.41 Å². The molecule has 2 fully saturated rings. The number of aliphatic hydroxyl groups is 1. The molecule has 0 bridgehead atoms. The van der Waals surface area contributed by atoms with Gasteiger partial charge in [0.05, 0.1) is 19.7 Å². The molecule has 5 nitrogen and oxygen atoms in total. The summed E-state index contributed by atoms with van der Waals surface area (Å²) in [5.41, 5.74) is -2.29. The molecule has 1 unspecified atom stereocenters. The van der Waals surface area contributed by atoms with Crippen LogP contribution in [0.3, 0.4) is 0 Å². The number of aliphatic hydroxyl groups excluding tert-OH is 1. The molecule has 112 valence electrons. The predicted molar refractivity (Wildman–Crippen MR) is 71.6 cm³/mol. The normalized spacial score (nSPS) is 27.2. The number of amides is 2. The van der Waals surface area contributed by atoms with Crippen molar-refractivity contribution in [1.29, 1.82) is 0 Å². The number of likely N-dealkylation sites (tertiary alicyclic amines) is 1. The molecule has 2 rings (SSSR count). The lowest BCUT2D eigenvalue weighted by molar-refractivity contribution is -0.137. The van der Waals surface area contributed by atoms with Crippen LogP contribution >= 0.6 is 0 Å². The third-order valence-corrected chi connectivity index (χ3v) is 4.72. The summed E-state index contributed by atoms with van der Waals surface area (Å²) >= 11 is 0. The zero-order chi connectivity index (χ0) is 15.0. The van der Waals surface area contributed by atoms with E-state index in [1.54, 1.807) is 0 Å². The maximum atomic E-state index is 14.8. The first-order valence-corrected chi connectivity index (χ1v) is 6.82. The first kappa shape index (κ1) is 15.0. The average Bonchev–Trinajstić information content (AvgIpc) is 2.72. The molecule has 1 aliphatic carbocycles. The fourth-order valence-electron chi connectivity index (χ4n) is 3.17. The Kier molecular flexibility index (Phi) is 3.86. The van der Waals surface area contributed by atoms with Crippen LogP contribution < -0.4 is 0 Å². The van der Waals surface area contributed by atoms with Gasteiger partial charge in [0.25, 0.3) is 0 Å². The van der Waals surface area contributed by atoms with Crippen LogP contribution in [-0.2, 0) is 9.59 Å². The van der Waals surface area contributed by atoms with Crippen LogP contribution in [0.4, 0.5) is 4.39 Å². The fraction of sp³-hybridized carbons (Fsp3) is 0.714. The van der Waals surface area contributed by atoms with Gasteiger partial charge in [-0.05, 0) is 18.9 Å². The van der Waals surface area contributed by atoms with Crippen LogP contribution in [-0.4, -0.2) is 65.7 Å². The monoisotopic (exact) mass is 284 g/mol. The Bertz CT molecular complexity index is 425. The fourth-order valence-corrected chi connectivity index (χ4v) is 3.17. The summed E-state index contributed by atoms with van der Waals surface area (Å²) in [6, 6.07) is 0. The zero-order valence-corrected chi connectivity index (χ0v) is 11.8. The largest absolute Gasteiger partial charge is 0.393 e. The SMILES string of the molecule is C=CC(=O)N(C)CC(=O)N1CC(F)(CO)C2(CCC2)C1. The number of hydrogen-bond acceptors (Lipinski definition) is 3. The van der Waals surface area contributed by atoms with E-state index < -0.39 is 17.7 Å². The number of carbonyl (C=O) groups excluding carboxylic acids is 2. The second kappa shape index (κ2) is 5.16. The third-order valence-electron chi connectivity index (χ3n) is 4.72. The molecule has 1 heterocycles. The molecule has 1 aliphatic heterocycles. The number of nitrogens with zero attached hydrogens (tertiary/aromatic N) is 2. The lowest BCUT2D eigenvalue weighted by atomic mass is 9.61. The smallest absolute Gasteiger partial charge is 0.246 e. The molecule has 6 heteroatoms. The van der Waals surface area contributed by atoms with E-state index in [1.807, 2.05) is 0 Å². The van der Waals surface area contributed by atoms with Crippen molar-refractivity contribution < 1.29 is 19.1 Å². The Hall–Kier alpha value is -1.43. The van der Waals surface area contributed by atoms with Gasteiger partial charge in [-0.15, -0.1) is 0 Å². The molecule has 0 radical (unpaired) electrons. The highest BCUT2D eigenvalue weighted by Crippen LogP contribution is 2.55. The molecule has 20 heavy (non-hydrogen) atoms. The molecule has 1 atom stereocenters. The van der Waals surface area contributed by atoms with Crippen molar-refractivity contribution in [2.24, 2.45) is 5.41 Å². The van der Waals surface area contributed by atoms with E-state index in [0.29, 0.717) is 19.4 Å². The molecule has 0 aromatic carbocycles. The first-order valence-electron chi connectivity index (χ1n) is 6.82. The van der Waals surface area contributed by atoms with E-state index >= 15 is 0 Å². The van der Waals surface area contributed by atoms with E-state index in [1.165, 1.54) is 16.8 Å².